The van der Waals surface area contributed by atoms with Crippen LogP contribution < -0.4 is 5.73 Å². The highest BCUT2D eigenvalue weighted by molar-refractivity contribution is 5.19. The Balaban J connectivity index is 2.22. The average Bonchev–Trinajstić information content (AvgIpc) is 2.56. The SMILES string of the molecule is CCCC(c1ccccc1)N(CC)C1CCCCC1CN. The van der Waals surface area contributed by atoms with Gasteiger partial charge in [-0.05, 0) is 43.8 Å². The Morgan fingerprint density at radius 3 is 2.48 bits per heavy atom. The van der Waals surface area contributed by atoms with Gasteiger partial charge in [0.1, 0.15) is 0 Å². The number of nitrogens with zero attached hydrogens (tertiary/aromatic N) is 1. The van der Waals surface area contributed by atoms with Crippen molar-refractivity contribution in [1.29, 1.82) is 0 Å². The summed E-state index contributed by atoms with van der Waals surface area (Å²) in [6.07, 6.45) is 7.83. The Kier molecular flexibility index (Phi) is 6.72. The lowest BCUT2D eigenvalue weighted by molar-refractivity contribution is 0.0654. The van der Waals surface area contributed by atoms with Crippen molar-refractivity contribution in [3.63, 3.8) is 0 Å². The highest BCUT2D eigenvalue weighted by atomic mass is 15.2. The predicted molar refractivity (Wildman–Crippen MR) is 91.3 cm³/mol. The van der Waals surface area contributed by atoms with Gasteiger partial charge in [0.15, 0.2) is 0 Å². The molecule has 1 aliphatic rings. The first-order valence-corrected chi connectivity index (χ1v) is 8.82. The number of rotatable bonds is 7. The quantitative estimate of drug-likeness (QED) is 0.807. The molecule has 0 spiro atoms. The molecule has 1 aromatic rings. The number of nitrogens with two attached hydrogens (primary N) is 1. The van der Waals surface area contributed by atoms with E-state index in [1.807, 2.05) is 0 Å². The van der Waals surface area contributed by atoms with Gasteiger partial charge in [-0.1, -0.05) is 63.4 Å². The van der Waals surface area contributed by atoms with Crippen molar-refractivity contribution in [3.8, 4) is 0 Å². The molecule has 0 radical (unpaired) electrons. The van der Waals surface area contributed by atoms with Crippen LogP contribution in [0.2, 0.25) is 0 Å². The van der Waals surface area contributed by atoms with Gasteiger partial charge < -0.3 is 5.73 Å². The summed E-state index contributed by atoms with van der Waals surface area (Å²) in [5.41, 5.74) is 7.55. The topological polar surface area (TPSA) is 29.3 Å². The molecule has 2 rings (SSSR count). The molecule has 21 heavy (non-hydrogen) atoms. The zero-order valence-corrected chi connectivity index (χ0v) is 13.8. The van der Waals surface area contributed by atoms with Gasteiger partial charge in [-0.2, -0.15) is 0 Å². The van der Waals surface area contributed by atoms with E-state index in [2.05, 4.69) is 49.1 Å². The summed E-state index contributed by atoms with van der Waals surface area (Å²) in [7, 11) is 0. The van der Waals surface area contributed by atoms with E-state index in [-0.39, 0.29) is 0 Å². The fourth-order valence-corrected chi connectivity index (χ4v) is 4.06. The summed E-state index contributed by atoms with van der Waals surface area (Å²) in [5, 5.41) is 0. The van der Waals surface area contributed by atoms with Crippen molar-refractivity contribution >= 4 is 0 Å². The average molecular weight is 288 g/mol. The second-order valence-electron chi connectivity index (χ2n) is 6.39. The van der Waals surface area contributed by atoms with Gasteiger partial charge in [0.05, 0.1) is 0 Å². The highest BCUT2D eigenvalue weighted by Gasteiger charge is 2.32. The fourth-order valence-electron chi connectivity index (χ4n) is 4.06. The van der Waals surface area contributed by atoms with Crippen LogP contribution in [0, 0.1) is 5.92 Å². The monoisotopic (exact) mass is 288 g/mol. The molecule has 0 aromatic heterocycles. The first-order chi connectivity index (χ1) is 10.3. The number of hydrogen-bond donors (Lipinski definition) is 1. The molecule has 1 fully saturated rings. The molecule has 1 aliphatic carbocycles. The third-order valence-electron chi connectivity index (χ3n) is 5.11. The molecule has 0 heterocycles. The lowest BCUT2D eigenvalue weighted by Crippen LogP contribution is -2.46. The van der Waals surface area contributed by atoms with Crippen LogP contribution in [0.25, 0.3) is 0 Å². The molecule has 0 amide bonds. The second kappa shape index (κ2) is 8.55. The van der Waals surface area contributed by atoms with Crippen molar-refractivity contribution in [1.82, 2.24) is 4.90 Å². The highest BCUT2D eigenvalue weighted by Crippen LogP contribution is 2.35. The van der Waals surface area contributed by atoms with Gasteiger partial charge in [-0.15, -0.1) is 0 Å². The molecule has 0 bridgehead atoms. The third-order valence-corrected chi connectivity index (χ3v) is 5.11. The molecule has 3 atom stereocenters. The summed E-state index contributed by atoms with van der Waals surface area (Å²) >= 11 is 0. The van der Waals surface area contributed by atoms with Crippen molar-refractivity contribution < 1.29 is 0 Å². The van der Waals surface area contributed by atoms with Crippen molar-refractivity contribution in [2.24, 2.45) is 11.7 Å². The minimum absolute atomic E-state index is 0.554. The van der Waals surface area contributed by atoms with Crippen LogP contribution in [0.1, 0.15) is 64.0 Å². The second-order valence-corrected chi connectivity index (χ2v) is 6.39. The number of hydrogen-bond acceptors (Lipinski definition) is 2. The van der Waals surface area contributed by atoms with Crippen LogP contribution >= 0.6 is 0 Å². The van der Waals surface area contributed by atoms with E-state index in [0.29, 0.717) is 18.0 Å². The minimum Gasteiger partial charge on any atom is -0.330 e. The van der Waals surface area contributed by atoms with E-state index in [1.54, 1.807) is 0 Å². The Labute approximate surface area is 130 Å². The van der Waals surface area contributed by atoms with Gasteiger partial charge in [0.2, 0.25) is 0 Å². The molecule has 2 N–H and O–H groups in total. The molecule has 118 valence electrons. The van der Waals surface area contributed by atoms with Gasteiger partial charge in [0, 0.05) is 12.1 Å². The number of benzene rings is 1. The van der Waals surface area contributed by atoms with Gasteiger partial charge in [-0.25, -0.2) is 0 Å². The Bertz CT molecular complexity index is 390. The molecule has 1 aromatic carbocycles. The molecular formula is C19H32N2. The Morgan fingerprint density at radius 1 is 1.14 bits per heavy atom. The molecule has 2 heteroatoms. The summed E-state index contributed by atoms with van der Waals surface area (Å²) in [4.78, 5) is 2.75. The van der Waals surface area contributed by atoms with E-state index in [9.17, 15) is 0 Å². The first-order valence-electron chi connectivity index (χ1n) is 8.82. The van der Waals surface area contributed by atoms with Crippen LogP contribution in [0.3, 0.4) is 0 Å². The van der Waals surface area contributed by atoms with E-state index in [4.69, 9.17) is 5.73 Å². The van der Waals surface area contributed by atoms with Crippen LogP contribution in [0.15, 0.2) is 30.3 Å². The Morgan fingerprint density at radius 2 is 1.86 bits per heavy atom. The lowest BCUT2D eigenvalue weighted by Gasteiger charge is -2.43. The predicted octanol–water partition coefficient (Wildman–Crippen LogP) is 4.37. The molecule has 2 nitrogen and oxygen atoms in total. The maximum Gasteiger partial charge on any atom is 0.0350 e. The summed E-state index contributed by atoms with van der Waals surface area (Å²) < 4.78 is 0. The molecule has 1 saturated carbocycles. The normalized spacial score (nSPS) is 24.2. The summed E-state index contributed by atoms with van der Waals surface area (Å²) in [6.45, 7) is 6.58. The maximum absolute atomic E-state index is 6.07. The Hall–Kier alpha value is -0.860. The summed E-state index contributed by atoms with van der Waals surface area (Å²) in [5.74, 6) is 0.682. The molecular weight excluding hydrogens is 256 g/mol. The smallest absolute Gasteiger partial charge is 0.0350 e. The first kappa shape index (κ1) is 16.5. The van der Waals surface area contributed by atoms with Crippen molar-refractivity contribution in [2.75, 3.05) is 13.1 Å². The largest absolute Gasteiger partial charge is 0.330 e. The van der Waals surface area contributed by atoms with E-state index in [1.165, 1.54) is 44.1 Å². The fraction of sp³-hybridized carbons (Fsp3) is 0.684. The van der Waals surface area contributed by atoms with E-state index in [0.717, 1.165) is 13.1 Å². The van der Waals surface area contributed by atoms with Crippen LogP contribution in [0.4, 0.5) is 0 Å². The van der Waals surface area contributed by atoms with Gasteiger partial charge >= 0.3 is 0 Å². The molecule has 0 saturated heterocycles. The standard InChI is InChI=1S/C19H32N2/c1-3-10-18(16-11-6-5-7-12-16)21(4-2)19-14-9-8-13-17(19)15-20/h5-7,11-12,17-19H,3-4,8-10,13-15,20H2,1-2H3. The molecule has 3 unspecified atom stereocenters. The summed E-state index contributed by atoms with van der Waals surface area (Å²) in [6, 6.07) is 12.3. The zero-order valence-electron chi connectivity index (χ0n) is 13.8. The van der Waals surface area contributed by atoms with E-state index >= 15 is 0 Å². The van der Waals surface area contributed by atoms with Crippen LogP contribution in [-0.4, -0.2) is 24.0 Å². The third kappa shape index (κ3) is 4.08. The van der Waals surface area contributed by atoms with Crippen LogP contribution in [-0.2, 0) is 0 Å². The van der Waals surface area contributed by atoms with Gasteiger partial charge in [-0.3, -0.25) is 4.90 Å². The van der Waals surface area contributed by atoms with Crippen LogP contribution in [0.5, 0.6) is 0 Å². The zero-order chi connectivity index (χ0) is 15.1. The minimum atomic E-state index is 0.554. The van der Waals surface area contributed by atoms with Crippen molar-refractivity contribution in [2.45, 2.75) is 64.5 Å². The van der Waals surface area contributed by atoms with Gasteiger partial charge in [0.25, 0.3) is 0 Å². The van der Waals surface area contributed by atoms with E-state index < -0.39 is 0 Å². The van der Waals surface area contributed by atoms with Crippen molar-refractivity contribution in [3.05, 3.63) is 35.9 Å². The maximum atomic E-state index is 6.07. The molecule has 0 aliphatic heterocycles. The lowest BCUT2D eigenvalue weighted by atomic mass is 9.82.